The van der Waals surface area contributed by atoms with Gasteiger partial charge in [0.1, 0.15) is 0 Å². The van der Waals surface area contributed by atoms with Crippen LogP contribution >= 0.6 is 0 Å². The summed E-state index contributed by atoms with van der Waals surface area (Å²) in [6, 6.07) is 15.5. The van der Waals surface area contributed by atoms with E-state index in [0.717, 1.165) is 18.4 Å². The molecule has 0 unspecified atom stereocenters. The molecule has 5 heteroatoms. The van der Waals surface area contributed by atoms with Gasteiger partial charge in [0.15, 0.2) is 0 Å². The van der Waals surface area contributed by atoms with Crippen molar-refractivity contribution in [2.45, 2.75) is 32.6 Å². The zero-order valence-electron chi connectivity index (χ0n) is 16.5. The van der Waals surface area contributed by atoms with E-state index in [4.69, 9.17) is 0 Å². The summed E-state index contributed by atoms with van der Waals surface area (Å²) in [6.45, 7) is 2.86. The van der Waals surface area contributed by atoms with E-state index in [9.17, 15) is 14.4 Å². The van der Waals surface area contributed by atoms with Crippen LogP contribution in [0, 0.1) is 6.92 Å². The van der Waals surface area contributed by atoms with E-state index in [0.29, 0.717) is 30.5 Å². The molecule has 3 rings (SSSR count). The smallest absolute Gasteiger partial charge is 0.261 e. The first-order valence-electron chi connectivity index (χ1n) is 9.72. The summed E-state index contributed by atoms with van der Waals surface area (Å²) in [7, 11) is 1.80. The Bertz CT molecular complexity index is 877. The Morgan fingerprint density at radius 2 is 1.68 bits per heavy atom. The zero-order chi connectivity index (χ0) is 20.1. The summed E-state index contributed by atoms with van der Waals surface area (Å²) in [5, 5.41) is 0. The summed E-state index contributed by atoms with van der Waals surface area (Å²) in [5.41, 5.74) is 3.15. The number of aryl methyl sites for hydroxylation is 2. The van der Waals surface area contributed by atoms with Gasteiger partial charge in [-0.25, -0.2) is 0 Å². The monoisotopic (exact) mass is 378 g/mol. The van der Waals surface area contributed by atoms with E-state index in [2.05, 4.69) is 12.1 Å². The van der Waals surface area contributed by atoms with Gasteiger partial charge in [-0.15, -0.1) is 0 Å². The fourth-order valence-corrected chi connectivity index (χ4v) is 3.48. The first kappa shape index (κ1) is 19.8. The molecule has 28 heavy (non-hydrogen) atoms. The molecular formula is C23H26N2O3. The zero-order valence-corrected chi connectivity index (χ0v) is 16.5. The molecule has 0 saturated carbocycles. The van der Waals surface area contributed by atoms with Crippen LogP contribution in [0.25, 0.3) is 0 Å². The molecule has 0 N–H and O–H groups in total. The Balaban J connectivity index is 1.42. The van der Waals surface area contributed by atoms with Gasteiger partial charge in [-0.05, 0) is 43.9 Å². The van der Waals surface area contributed by atoms with Gasteiger partial charge in [0.2, 0.25) is 5.91 Å². The van der Waals surface area contributed by atoms with Crippen molar-refractivity contribution in [2.75, 3.05) is 20.1 Å². The highest BCUT2D eigenvalue weighted by atomic mass is 16.2. The lowest BCUT2D eigenvalue weighted by Gasteiger charge is -2.18. The average molecular weight is 378 g/mol. The molecule has 0 aromatic heterocycles. The summed E-state index contributed by atoms with van der Waals surface area (Å²) in [4.78, 5) is 40.2. The standard InChI is InChI=1S/C23H26N2O3/c1-17-12-13-19-20(16-17)23(28)25(22(19)27)15-7-11-21(26)24(2)14-6-10-18-8-4-3-5-9-18/h3-5,8-9,12-13,16H,6-7,10-11,14-15H2,1-2H3. The molecule has 0 bridgehead atoms. The van der Waals surface area contributed by atoms with E-state index >= 15 is 0 Å². The summed E-state index contributed by atoms with van der Waals surface area (Å²) in [5.74, 6) is -0.475. The number of carbonyl (C=O) groups excluding carboxylic acids is 3. The quantitative estimate of drug-likeness (QED) is 0.661. The maximum atomic E-state index is 12.5. The van der Waals surface area contributed by atoms with E-state index < -0.39 is 0 Å². The Morgan fingerprint density at radius 3 is 2.43 bits per heavy atom. The molecule has 1 aliphatic heterocycles. The molecule has 2 aromatic rings. The molecule has 0 atom stereocenters. The van der Waals surface area contributed by atoms with Crippen LogP contribution in [0.3, 0.4) is 0 Å². The van der Waals surface area contributed by atoms with Crippen molar-refractivity contribution < 1.29 is 14.4 Å². The van der Waals surface area contributed by atoms with Crippen LogP contribution in [0.4, 0.5) is 0 Å². The van der Waals surface area contributed by atoms with Crippen molar-refractivity contribution in [3.8, 4) is 0 Å². The number of carbonyl (C=O) groups is 3. The average Bonchev–Trinajstić information content (AvgIpc) is 2.92. The van der Waals surface area contributed by atoms with Gasteiger partial charge in [-0.1, -0.05) is 42.0 Å². The topological polar surface area (TPSA) is 57.7 Å². The highest BCUT2D eigenvalue weighted by molar-refractivity contribution is 6.21. The Kier molecular flexibility index (Phi) is 6.24. The van der Waals surface area contributed by atoms with E-state index in [1.165, 1.54) is 10.5 Å². The van der Waals surface area contributed by atoms with E-state index in [-0.39, 0.29) is 24.3 Å². The summed E-state index contributed by atoms with van der Waals surface area (Å²) in [6.07, 6.45) is 2.65. The van der Waals surface area contributed by atoms with Gasteiger partial charge in [-0.2, -0.15) is 0 Å². The van der Waals surface area contributed by atoms with Gasteiger partial charge in [0.05, 0.1) is 11.1 Å². The molecule has 1 heterocycles. The molecular weight excluding hydrogens is 352 g/mol. The van der Waals surface area contributed by atoms with Crippen molar-refractivity contribution in [2.24, 2.45) is 0 Å². The number of imide groups is 1. The Labute approximate surface area is 166 Å². The highest BCUT2D eigenvalue weighted by Crippen LogP contribution is 2.24. The van der Waals surface area contributed by atoms with Gasteiger partial charge in [0.25, 0.3) is 11.8 Å². The normalized spacial score (nSPS) is 13.0. The molecule has 1 aliphatic rings. The predicted molar refractivity (Wildman–Crippen MR) is 108 cm³/mol. The Morgan fingerprint density at radius 1 is 0.964 bits per heavy atom. The van der Waals surface area contributed by atoms with Crippen LogP contribution in [0.1, 0.15) is 51.1 Å². The van der Waals surface area contributed by atoms with Crippen LogP contribution in [0.15, 0.2) is 48.5 Å². The third-order valence-electron chi connectivity index (χ3n) is 5.13. The third-order valence-corrected chi connectivity index (χ3v) is 5.13. The molecule has 146 valence electrons. The van der Waals surface area contributed by atoms with Crippen LogP contribution in [0.2, 0.25) is 0 Å². The second kappa shape index (κ2) is 8.83. The molecule has 0 radical (unpaired) electrons. The second-order valence-corrected chi connectivity index (χ2v) is 7.32. The lowest BCUT2D eigenvalue weighted by Crippen LogP contribution is -2.32. The number of amides is 3. The van der Waals surface area contributed by atoms with Crippen LogP contribution in [-0.4, -0.2) is 47.7 Å². The first-order chi connectivity index (χ1) is 13.5. The molecule has 5 nitrogen and oxygen atoms in total. The van der Waals surface area contributed by atoms with Crippen molar-refractivity contribution in [1.29, 1.82) is 0 Å². The molecule has 0 aliphatic carbocycles. The number of hydrogen-bond donors (Lipinski definition) is 0. The Hall–Kier alpha value is -2.95. The fourth-order valence-electron chi connectivity index (χ4n) is 3.48. The molecule has 2 aromatic carbocycles. The lowest BCUT2D eigenvalue weighted by molar-refractivity contribution is -0.130. The summed E-state index contributed by atoms with van der Waals surface area (Å²) >= 11 is 0. The van der Waals surface area contributed by atoms with Crippen LogP contribution in [0.5, 0.6) is 0 Å². The highest BCUT2D eigenvalue weighted by Gasteiger charge is 2.35. The summed E-state index contributed by atoms with van der Waals surface area (Å²) < 4.78 is 0. The minimum Gasteiger partial charge on any atom is -0.346 e. The number of hydrogen-bond acceptors (Lipinski definition) is 3. The molecule has 0 spiro atoms. The lowest BCUT2D eigenvalue weighted by atomic mass is 10.1. The van der Waals surface area contributed by atoms with Gasteiger partial charge in [0, 0.05) is 26.6 Å². The van der Waals surface area contributed by atoms with Crippen molar-refractivity contribution >= 4 is 17.7 Å². The fraction of sp³-hybridized carbons (Fsp3) is 0.348. The third kappa shape index (κ3) is 4.47. The van der Waals surface area contributed by atoms with Crippen molar-refractivity contribution in [1.82, 2.24) is 9.80 Å². The number of nitrogens with zero attached hydrogens (tertiary/aromatic N) is 2. The second-order valence-electron chi connectivity index (χ2n) is 7.32. The van der Waals surface area contributed by atoms with Crippen LogP contribution in [-0.2, 0) is 11.2 Å². The molecule has 0 saturated heterocycles. The molecule has 3 amide bonds. The van der Waals surface area contributed by atoms with Gasteiger partial charge < -0.3 is 4.90 Å². The van der Waals surface area contributed by atoms with Crippen molar-refractivity contribution in [3.05, 3.63) is 70.8 Å². The minimum absolute atomic E-state index is 0.0421. The number of fused-ring (bicyclic) bond motifs is 1. The minimum atomic E-state index is -0.260. The molecule has 0 fully saturated rings. The maximum absolute atomic E-state index is 12.5. The predicted octanol–water partition coefficient (Wildman–Crippen LogP) is 3.46. The van der Waals surface area contributed by atoms with Gasteiger partial charge >= 0.3 is 0 Å². The van der Waals surface area contributed by atoms with E-state index in [1.54, 1.807) is 24.1 Å². The first-order valence-corrected chi connectivity index (χ1v) is 9.72. The van der Waals surface area contributed by atoms with E-state index in [1.807, 2.05) is 31.2 Å². The number of rotatable bonds is 8. The van der Waals surface area contributed by atoms with Crippen molar-refractivity contribution in [3.63, 3.8) is 0 Å². The SMILES string of the molecule is Cc1ccc2c(c1)C(=O)N(CCCC(=O)N(C)CCCc1ccccc1)C2=O. The van der Waals surface area contributed by atoms with Crippen LogP contribution < -0.4 is 0 Å². The maximum Gasteiger partial charge on any atom is 0.261 e. The largest absolute Gasteiger partial charge is 0.346 e. The van der Waals surface area contributed by atoms with Gasteiger partial charge in [-0.3, -0.25) is 19.3 Å². The number of benzene rings is 2.